The van der Waals surface area contributed by atoms with Crippen molar-refractivity contribution >= 4 is 10.8 Å². The molecule has 2 nitrogen and oxygen atoms in total. The van der Waals surface area contributed by atoms with Crippen molar-refractivity contribution in [3.05, 3.63) is 42.0 Å². The van der Waals surface area contributed by atoms with Gasteiger partial charge >= 0.3 is 0 Å². The van der Waals surface area contributed by atoms with Crippen molar-refractivity contribution in [2.75, 3.05) is 13.2 Å². The molecule has 0 bridgehead atoms. The SMILES string of the molecule is OCC#Cc1c(OCC2CC2)ccc2ccccc12. The van der Waals surface area contributed by atoms with Crippen LogP contribution in [0.2, 0.25) is 0 Å². The maximum absolute atomic E-state index is 8.90. The predicted octanol–water partition coefficient (Wildman–Crippen LogP) is 2.97. The molecule has 0 radical (unpaired) electrons. The average molecular weight is 252 g/mol. The first-order chi connectivity index (χ1) is 9.38. The highest BCUT2D eigenvalue weighted by Crippen LogP contribution is 2.32. The van der Waals surface area contributed by atoms with Gasteiger partial charge in [0.15, 0.2) is 0 Å². The lowest BCUT2D eigenvalue weighted by Gasteiger charge is -2.10. The Morgan fingerprint density at radius 1 is 1.16 bits per heavy atom. The van der Waals surface area contributed by atoms with Crippen LogP contribution in [0, 0.1) is 17.8 Å². The second-order valence-electron chi connectivity index (χ2n) is 4.87. The molecule has 0 unspecified atom stereocenters. The van der Waals surface area contributed by atoms with Crippen molar-refractivity contribution in [1.29, 1.82) is 0 Å². The van der Waals surface area contributed by atoms with E-state index in [1.54, 1.807) is 0 Å². The van der Waals surface area contributed by atoms with Crippen LogP contribution in [-0.4, -0.2) is 18.3 Å². The van der Waals surface area contributed by atoms with Crippen molar-refractivity contribution in [3.8, 4) is 17.6 Å². The molecule has 2 heteroatoms. The molecule has 0 spiro atoms. The first kappa shape index (κ1) is 12.1. The van der Waals surface area contributed by atoms with Crippen molar-refractivity contribution in [1.82, 2.24) is 0 Å². The van der Waals surface area contributed by atoms with Crippen LogP contribution in [0.25, 0.3) is 10.8 Å². The summed E-state index contributed by atoms with van der Waals surface area (Å²) in [5.74, 6) is 7.29. The Balaban J connectivity index is 2.02. The Bertz CT molecular complexity index is 645. The summed E-state index contributed by atoms with van der Waals surface area (Å²) in [5.41, 5.74) is 0.882. The Hall–Kier alpha value is -1.98. The van der Waals surface area contributed by atoms with Crippen molar-refractivity contribution in [2.45, 2.75) is 12.8 Å². The van der Waals surface area contributed by atoms with Gasteiger partial charge in [0.2, 0.25) is 0 Å². The van der Waals surface area contributed by atoms with E-state index in [1.165, 1.54) is 12.8 Å². The molecule has 0 aromatic heterocycles. The van der Waals surface area contributed by atoms with Crippen LogP contribution in [0.4, 0.5) is 0 Å². The lowest BCUT2D eigenvalue weighted by atomic mass is 10.0. The maximum atomic E-state index is 8.90. The van der Waals surface area contributed by atoms with E-state index in [-0.39, 0.29) is 6.61 Å². The molecule has 2 aromatic rings. The smallest absolute Gasteiger partial charge is 0.135 e. The zero-order valence-electron chi connectivity index (χ0n) is 10.7. The van der Waals surface area contributed by atoms with Crippen LogP contribution in [0.15, 0.2) is 36.4 Å². The first-order valence-electron chi connectivity index (χ1n) is 6.63. The number of hydrogen-bond donors (Lipinski definition) is 1. The molecule has 1 fully saturated rings. The molecule has 96 valence electrons. The van der Waals surface area contributed by atoms with Crippen LogP contribution in [0.3, 0.4) is 0 Å². The number of aliphatic hydroxyl groups is 1. The first-order valence-corrected chi connectivity index (χ1v) is 6.63. The third kappa shape index (κ3) is 2.72. The normalized spacial score (nSPS) is 13.9. The van der Waals surface area contributed by atoms with E-state index in [0.717, 1.165) is 28.7 Å². The zero-order valence-corrected chi connectivity index (χ0v) is 10.7. The van der Waals surface area contributed by atoms with E-state index in [1.807, 2.05) is 24.3 Å². The largest absolute Gasteiger partial charge is 0.492 e. The lowest BCUT2D eigenvalue weighted by Crippen LogP contribution is -2.01. The summed E-state index contributed by atoms with van der Waals surface area (Å²) in [6.07, 6.45) is 2.54. The summed E-state index contributed by atoms with van der Waals surface area (Å²) in [4.78, 5) is 0. The highest BCUT2D eigenvalue weighted by Gasteiger charge is 2.22. The van der Waals surface area contributed by atoms with Crippen molar-refractivity contribution in [2.24, 2.45) is 5.92 Å². The third-order valence-corrected chi connectivity index (χ3v) is 3.35. The molecule has 0 saturated heterocycles. The molecule has 0 aliphatic heterocycles. The van der Waals surface area contributed by atoms with E-state index in [0.29, 0.717) is 5.92 Å². The lowest BCUT2D eigenvalue weighted by molar-refractivity contribution is 0.299. The highest BCUT2D eigenvalue weighted by atomic mass is 16.5. The maximum Gasteiger partial charge on any atom is 0.135 e. The Morgan fingerprint density at radius 3 is 2.79 bits per heavy atom. The Kier molecular flexibility index (Phi) is 3.39. The molecular formula is C17H16O2. The van der Waals surface area contributed by atoms with Gasteiger partial charge in [-0.2, -0.15) is 0 Å². The number of aliphatic hydroxyl groups excluding tert-OH is 1. The van der Waals surface area contributed by atoms with Gasteiger partial charge in [-0.3, -0.25) is 0 Å². The van der Waals surface area contributed by atoms with Gasteiger partial charge in [-0.25, -0.2) is 0 Å². The van der Waals surface area contributed by atoms with Gasteiger partial charge in [0.1, 0.15) is 12.4 Å². The molecule has 0 atom stereocenters. The third-order valence-electron chi connectivity index (χ3n) is 3.35. The summed E-state index contributed by atoms with van der Waals surface area (Å²) in [5, 5.41) is 11.1. The number of ether oxygens (including phenoxy) is 1. The van der Waals surface area contributed by atoms with E-state index in [2.05, 4.69) is 24.0 Å². The van der Waals surface area contributed by atoms with E-state index in [4.69, 9.17) is 9.84 Å². The molecule has 3 rings (SSSR count). The number of hydrogen-bond acceptors (Lipinski definition) is 2. The van der Waals surface area contributed by atoms with Crippen LogP contribution >= 0.6 is 0 Å². The molecular weight excluding hydrogens is 236 g/mol. The van der Waals surface area contributed by atoms with Crippen molar-refractivity contribution in [3.63, 3.8) is 0 Å². The number of rotatable bonds is 3. The summed E-state index contributed by atoms with van der Waals surface area (Å²) in [6.45, 7) is 0.636. The Morgan fingerprint density at radius 2 is 2.00 bits per heavy atom. The molecule has 19 heavy (non-hydrogen) atoms. The molecule has 1 N–H and O–H groups in total. The fraction of sp³-hybridized carbons (Fsp3) is 0.294. The predicted molar refractivity (Wildman–Crippen MR) is 76.1 cm³/mol. The number of fused-ring (bicyclic) bond motifs is 1. The minimum Gasteiger partial charge on any atom is -0.492 e. The summed E-state index contributed by atoms with van der Waals surface area (Å²) < 4.78 is 5.88. The summed E-state index contributed by atoms with van der Waals surface area (Å²) in [6, 6.07) is 12.1. The molecule has 0 amide bonds. The van der Waals surface area contributed by atoms with Gasteiger partial charge in [0.25, 0.3) is 0 Å². The second kappa shape index (κ2) is 5.34. The Labute approximate surface area is 113 Å². The zero-order chi connectivity index (χ0) is 13.1. The minimum absolute atomic E-state index is 0.134. The minimum atomic E-state index is -0.134. The van der Waals surface area contributed by atoms with Gasteiger partial charge in [-0.15, -0.1) is 0 Å². The summed E-state index contributed by atoms with van der Waals surface area (Å²) >= 11 is 0. The van der Waals surface area contributed by atoms with E-state index >= 15 is 0 Å². The topological polar surface area (TPSA) is 29.5 Å². The van der Waals surface area contributed by atoms with Crippen LogP contribution in [0.1, 0.15) is 18.4 Å². The fourth-order valence-electron chi connectivity index (χ4n) is 2.12. The second-order valence-corrected chi connectivity index (χ2v) is 4.87. The molecule has 1 aliphatic carbocycles. The van der Waals surface area contributed by atoms with Gasteiger partial charge in [0, 0.05) is 5.39 Å². The average Bonchev–Trinajstić information content (AvgIpc) is 3.27. The van der Waals surface area contributed by atoms with Crippen LogP contribution in [0.5, 0.6) is 5.75 Å². The van der Waals surface area contributed by atoms with Gasteiger partial charge in [-0.05, 0) is 30.2 Å². The number of benzene rings is 2. The molecule has 0 heterocycles. The van der Waals surface area contributed by atoms with Gasteiger partial charge in [0.05, 0.1) is 12.2 Å². The molecule has 1 saturated carbocycles. The van der Waals surface area contributed by atoms with E-state index < -0.39 is 0 Å². The monoisotopic (exact) mass is 252 g/mol. The fourth-order valence-corrected chi connectivity index (χ4v) is 2.12. The standard InChI is InChI=1S/C17H16O2/c18-11-3-6-16-15-5-2-1-4-14(15)9-10-17(16)19-12-13-7-8-13/h1-2,4-5,9-10,13,18H,7-8,11-12H2. The molecule has 2 aromatic carbocycles. The van der Waals surface area contributed by atoms with Gasteiger partial charge in [-0.1, -0.05) is 42.2 Å². The van der Waals surface area contributed by atoms with Crippen molar-refractivity contribution < 1.29 is 9.84 Å². The van der Waals surface area contributed by atoms with Crippen LogP contribution in [-0.2, 0) is 0 Å². The quantitative estimate of drug-likeness (QED) is 0.851. The summed E-state index contributed by atoms with van der Waals surface area (Å²) in [7, 11) is 0. The molecule has 1 aliphatic rings. The van der Waals surface area contributed by atoms with Crippen LogP contribution < -0.4 is 4.74 Å². The van der Waals surface area contributed by atoms with Gasteiger partial charge < -0.3 is 9.84 Å². The van der Waals surface area contributed by atoms with E-state index in [9.17, 15) is 0 Å². The highest BCUT2D eigenvalue weighted by molar-refractivity contribution is 5.90.